The fraction of sp³-hybridized carbons (Fsp3) is 0.591. The van der Waals surface area contributed by atoms with Gasteiger partial charge < -0.3 is 14.7 Å². The zero-order valence-corrected chi connectivity index (χ0v) is 16.8. The van der Waals surface area contributed by atoms with E-state index in [2.05, 4.69) is 49.5 Å². The van der Waals surface area contributed by atoms with Gasteiger partial charge in [0.15, 0.2) is 0 Å². The Balaban J connectivity index is 1.12. The van der Waals surface area contributed by atoms with Crippen LogP contribution < -0.4 is 5.32 Å². The van der Waals surface area contributed by atoms with Crippen LogP contribution in [0, 0.1) is 5.92 Å². The molecule has 0 spiro atoms. The highest BCUT2D eigenvalue weighted by Crippen LogP contribution is 2.38. The minimum atomic E-state index is -0.206. The van der Waals surface area contributed by atoms with Crippen molar-refractivity contribution >= 4 is 5.91 Å². The second kappa shape index (κ2) is 8.24. The van der Waals surface area contributed by atoms with Crippen molar-refractivity contribution in [1.29, 1.82) is 0 Å². The first-order valence-electron chi connectivity index (χ1n) is 10.9. The summed E-state index contributed by atoms with van der Waals surface area (Å²) in [7, 11) is 0. The molecule has 7 heteroatoms. The molecule has 0 saturated carbocycles. The third-order valence-corrected chi connectivity index (χ3v) is 6.79. The highest BCUT2D eigenvalue weighted by Gasteiger charge is 2.38. The summed E-state index contributed by atoms with van der Waals surface area (Å²) in [5, 5.41) is 7.09. The van der Waals surface area contributed by atoms with E-state index >= 15 is 0 Å². The van der Waals surface area contributed by atoms with Crippen LogP contribution in [0.3, 0.4) is 0 Å². The van der Waals surface area contributed by atoms with Crippen molar-refractivity contribution in [2.24, 2.45) is 5.92 Å². The summed E-state index contributed by atoms with van der Waals surface area (Å²) in [4.78, 5) is 22.0. The maximum absolute atomic E-state index is 12.6. The summed E-state index contributed by atoms with van der Waals surface area (Å²) < 4.78 is 5.49. The Morgan fingerprint density at radius 2 is 1.83 bits per heavy atom. The minimum Gasteiger partial charge on any atom is -0.346 e. The monoisotopic (exact) mass is 395 g/mol. The van der Waals surface area contributed by atoms with E-state index in [1.54, 1.807) is 0 Å². The van der Waals surface area contributed by atoms with Gasteiger partial charge in [0.25, 0.3) is 11.7 Å². The standard InChI is InChI=1S/C22H29N5O2/c28-21(20-24-22(29-25-20)19-15-27-10-6-17(19)7-11-27)23-18-8-12-26(13-9-18)14-16-4-2-1-3-5-16/h1-5,17-19H,6-15H2,(H,23,28). The smallest absolute Gasteiger partial charge is 0.292 e. The molecule has 0 aliphatic carbocycles. The fourth-order valence-electron chi connectivity index (χ4n) is 5.05. The molecule has 4 aliphatic heterocycles. The number of hydrogen-bond donors (Lipinski definition) is 1. The van der Waals surface area contributed by atoms with Gasteiger partial charge in [0, 0.05) is 32.2 Å². The van der Waals surface area contributed by atoms with Crippen LogP contribution in [-0.4, -0.2) is 64.6 Å². The first-order chi connectivity index (χ1) is 14.2. The summed E-state index contributed by atoms with van der Waals surface area (Å²) in [6.07, 6.45) is 4.28. The predicted octanol–water partition coefficient (Wildman–Crippen LogP) is 2.27. The Bertz CT molecular complexity index is 823. The predicted molar refractivity (Wildman–Crippen MR) is 108 cm³/mol. The van der Waals surface area contributed by atoms with E-state index in [9.17, 15) is 4.79 Å². The second-order valence-electron chi connectivity index (χ2n) is 8.71. The number of likely N-dealkylation sites (tertiary alicyclic amines) is 1. The molecule has 1 amide bonds. The summed E-state index contributed by atoms with van der Waals surface area (Å²) in [6, 6.07) is 10.7. The molecular formula is C22H29N5O2. The molecule has 1 atom stereocenters. The van der Waals surface area contributed by atoms with Gasteiger partial charge >= 0.3 is 0 Å². The van der Waals surface area contributed by atoms with Gasteiger partial charge in [-0.25, -0.2) is 0 Å². The summed E-state index contributed by atoms with van der Waals surface area (Å²) in [6.45, 7) is 6.26. The molecule has 6 rings (SSSR count). The summed E-state index contributed by atoms with van der Waals surface area (Å²) in [5.74, 6) is 1.52. The molecule has 4 fully saturated rings. The van der Waals surface area contributed by atoms with Crippen LogP contribution in [0.5, 0.6) is 0 Å². The quantitative estimate of drug-likeness (QED) is 0.837. The van der Waals surface area contributed by atoms with Crippen molar-refractivity contribution in [1.82, 2.24) is 25.3 Å². The second-order valence-corrected chi connectivity index (χ2v) is 8.71. The van der Waals surface area contributed by atoms with E-state index < -0.39 is 0 Å². The molecule has 5 heterocycles. The third kappa shape index (κ3) is 4.21. The van der Waals surface area contributed by atoms with Gasteiger partial charge in [-0.2, -0.15) is 4.98 Å². The largest absolute Gasteiger partial charge is 0.346 e. The van der Waals surface area contributed by atoms with Crippen molar-refractivity contribution in [2.75, 3.05) is 32.7 Å². The van der Waals surface area contributed by atoms with Crippen molar-refractivity contribution < 1.29 is 9.32 Å². The molecule has 4 aliphatic rings. The molecular weight excluding hydrogens is 366 g/mol. The van der Waals surface area contributed by atoms with E-state index in [0.29, 0.717) is 11.8 Å². The lowest BCUT2D eigenvalue weighted by atomic mass is 9.79. The van der Waals surface area contributed by atoms with Crippen molar-refractivity contribution in [2.45, 2.75) is 44.2 Å². The lowest BCUT2D eigenvalue weighted by molar-refractivity contribution is 0.0727. The zero-order chi connectivity index (χ0) is 19.6. The highest BCUT2D eigenvalue weighted by molar-refractivity contribution is 5.90. The third-order valence-electron chi connectivity index (χ3n) is 6.79. The Hall–Kier alpha value is -2.25. The van der Waals surface area contributed by atoms with Crippen LogP contribution in [0.2, 0.25) is 0 Å². The molecule has 1 aromatic carbocycles. The van der Waals surface area contributed by atoms with Crippen molar-refractivity contribution in [3.8, 4) is 0 Å². The molecule has 2 aromatic rings. The Labute approximate surface area is 171 Å². The molecule has 0 radical (unpaired) electrons. The molecule has 154 valence electrons. The number of nitrogens with zero attached hydrogens (tertiary/aromatic N) is 4. The number of amides is 1. The number of carbonyl (C=O) groups excluding carboxylic acids is 1. The van der Waals surface area contributed by atoms with Gasteiger partial charge in [-0.3, -0.25) is 9.69 Å². The fourth-order valence-corrected chi connectivity index (χ4v) is 5.05. The lowest BCUT2D eigenvalue weighted by Gasteiger charge is -2.43. The van der Waals surface area contributed by atoms with Gasteiger partial charge in [0.2, 0.25) is 5.89 Å². The normalized spacial score (nSPS) is 27.8. The average Bonchev–Trinajstić information content (AvgIpc) is 3.27. The lowest BCUT2D eigenvalue weighted by Crippen LogP contribution is -2.46. The van der Waals surface area contributed by atoms with E-state index in [-0.39, 0.29) is 23.7 Å². The molecule has 1 unspecified atom stereocenters. The van der Waals surface area contributed by atoms with Crippen molar-refractivity contribution in [3.63, 3.8) is 0 Å². The Kier molecular flexibility index (Phi) is 5.33. The van der Waals surface area contributed by atoms with Crippen LogP contribution in [0.15, 0.2) is 34.9 Å². The molecule has 29 heavy (non-hydrogen) atoms. The number of aromatic nitrogens is 2. The van der Waals surface area contributed by atoms with Crippen LogP contribution >= 0.6 is 0 Å². The maximum Gasteiger partial charge on any atom is 0.292 e. The topological polar surface area (TPSA) is 74.5 Å². The van der Waals surface area contributed by atoms with E-state index in [4.69, 9.17) is 4.52 Å². The SMILES string of the molecule is O=C(NC1CCN(Cc2ccccc2)CC1)c1noc(C2CN3CCC2CC3)n1. The van der Waals surface area contributed by atoms with Crippen LogP contribution in [-0.2, 0) is 6.54 Å². The number of hydrogen-bond acceptors (Lipinski definition) is 6. The molecule has 1 aromatic heterocycles. The van der Waals surface area contributed by atoms with Gasteiger partial charge in [-0.15, -0.1) is 0 Å². The highest BCUT2D eigenvalue weighted by atomic mass is 16.5. The number of nitrogens with one attached hydrogen (secondary N) is 1. The van der Waals surface area contributed by atoms with E-state index in [1.807, 2.05) is 6.07 Å². The van der Waals surface area contributed by atoms with E-state index in [1.165, 1.54) is 31.5 Å². The van der Waals surface area contributed by atoms with Gasteiger partial charge in [0.05, 0.1) is 5.92 Å². The summed E-state index contributed by atoms with van der Waals surface area (Å²) in [5.41, 5.74) is 1.34. The Morgan fingerprint density at radius 1 is 1.07 bits per heavy atom. The minimum absolute atomic E-state index is 0.174. The molecule has 4 saturated heterocycles. The number of rotatable bonds is 5. The number of piperidine rings is 4. The van der Waals surface area contributed by atoms with Gasteiger partial charge in [0.1, 0.15) is 0 Å². The summed E-state index contributed by atoms with van der Waals surface area (Å²) >= 11 is 0. The van der Waals surface area contributed by atoms with E-state index in [0.717, 1.165) is 39.0 Å². The van der Waals surface area contributed by atoms with Gasteiger partial charge in [-0.05, 0) is 50.3 Å². The zero-order valence-electron chi connectivity index (χ0n) is 16.8. The first-order valence-corrected chi connectivity index (χ1v) is 10.9. The van der Waals surface area contributed by atoms with Gasteiger partial charge in [-0.1, -0.05) is 35.5 Å². The number of fused-ring (bicyclic) bond motifs is 3. The molecule has 2 bridgehead atoms. The maximum atomic E-state index is 12.6. The van der Waals surface area contributed by atoms with Crippen LogP contribution in [0.25, 0.3) is 0 Å². The average molecular weight is 396 g/mol. The Morgan fingerprint density at radius 3 is 2.52 bits per heavy atom. The van der Waals surface area contributed by atoms with Crippen LogP contribution in [0.4, 0.5) is 0 Å². The molecule has 7 nitrogen and oxygen atoms in total. The number of benzene rings is 1. The van der Waals surface area contributed by atoms with Crippen molar-refractivity contribution in [3.05, 3.63) is 47.6 Å². The van der Waals surface area contributed by atoms with Crippen LogP contribution in [0.1, 0.15) is 53.7 Å². The molecule has 1 N–H and O–H groups in total. The first kappa shape index (κ1) is 18.8. The number of carbonyl (C=O) groups is 1.